The van der Waals surface area contributed by atoms with Crippen LogP contribution in [0.4, 0.5) is 4.79 Å². The van der Waals surface area contributed by atoms with E-state index in [9.17, 15) is 9.59 Å². The second kappa shape index (κ2) is 11.1. The Balaban J connectivity index is 1.76. The average molecular weight is 354 g/mol. The van der Waals surface area contributed by atoms with Gasteiger partial charge >= 0.3 is 6.03 Å². The molecule has 2 aromatic rings. The molecule has 0 aromatic heterocycles. The highest BCUT2D eigenvalue weighted by atomic mass is 16.5. The molecule has 0 unspecified atom stereocenters. The van der Waals surface area contributed by atoms with Gasteiger partial charge in [-0.3, -0.25) is 0 Å². The third-order valence-electron chi connectivity index (χ3n) is 4.06. The summed E-state index contributed by atoms with van der Waals surface area (Å²) >= 11 is 0. The quantitative estimate of drug-likeness (QED) is 0.527. The second-order valence-electron chi connectivity index (χ2n) is 6.00. The number of ether oxygens (including phenoxy) is 1. The van der Waals surface area contributed by atoms with Gasteiger partial charge in [0.25, 0.3) is 0 Å². The molecule has 0 heterocycles. The SMILES string of the molecule is CCN(CCOCc1ccccc1)C(=O)N[C@H](C=O)Cc1ccccc1. The zero-order chi connectivity index (χ0) is 18.6. The lowest BCUT2D eigenvalue weighted by Crippen LogP contribution is -2.47. The molecule has 5 nitrogen and oxygen atoms in total. The highest BCUT2D eigenvalue weighted by molar-refractivity contribution is 5.78. The molecule has 0 bridgehead atoms. The third-order valence-corrected chi connectivity index (χ3v) is 4.06. The number of urea groups is 1. The molecular weight excluding hydrogens is 328 g/mol. The van der Waals surface area contributed by atoms with Crippen LogP contribution >= 0.6 is 0 Å². The smallest absolute Gasteiger partial charge is 0.318 e. The van der Waals surface area contributed by atoms with Crippen molar-refractivity contribution in [1.82, 2.24) is 10.2 Å². The number of nitrogens with one attached hydrogen (secondary N) is 1. The average Bonchev–Trinajstić information content (AvgIpc) is 2.69. The number of hydrogen-bond acceptors (Lipinski definition) is 3. The molecule has 2 amide bonds. The first-order chi connectivity index (χ1) is 12.7. The van der Waals surface area contributed by atoms with E-state index in [1.165, 1.54) is 0 Å². The molecule has 0 radical (unpaired) electrons. The van der Waals surface area contributed by atoms with E-state index in [4.69, 9.17) is 4.74 Å². The van der Waals surface area contributed by atoms with E-state index in [1.807, 2.05) is 67.6 Å². The van der Waals surface area contributed by atoms with Gasteiger partial charge in [-0.15, -0.1) is 0 Å². The Bertz CT molecular complexity index is 661. The first-order valence-electron chi connectivity index (χ1n) is 8.89. The zero-order valence-corrected chi connectivity index (χ0v) is 15.1. The highest BCUT2D eigenvalue weighted by Crippen LogP contribution is 2.03. The lowest BCUT2D eigenvalue weighted by Gasteiger charge is -2.23. The van der Waals surface area contributed by atoms with Gasteiger partial charge < -0.3 is 19.7 Å². The van der Waals surface area contributed by atoms with Crippen LogP contribution in [-0.2, 0) is 22.6 Å². The first kappa shape index (κ1) is 19.7. The number of nitrogens with zero attached hydrogens (tertiary/aromatic N) is 1. The van der Waals surface area contributed by atoms with Gasteiger partial charge in [-0.25, -0.2) is 4.79 Å². The molecule has 0 spiro atoms. The molecule has 0 aliphatic heterocycles. The van der Waals surface area contributed by atoms with Crippen molar-refractivity contribution >= 4 is 12.3 Å². The van der Waals surface area contributed by atoms with Crippen LogP contribution < -0.4 is 5.32 Å². The van der Waals surface area contributed by atoms with Crippen LogP contribution in [0.15, 0.2) is 60.7 Å². The topological polar surface area (TPSA) is 58.6 Å². The zero-order valence-electron chi connectivity index (χ0n) is 15.1. The van der Waals surface area contributed by atoms with E-state index in [2.05, 4.69) is 5.32 Å². The molecule has 0 aliphatic rings. The van der Waals surface area contributed by atoms with Crippen molar-refractivity contribution in [3.8, 4) is 0 Å². The summed E-state index contributed by atoms with van der Waals surface area (Å²) in [5, 5.41) is 2.79. The van der Waals surface area contributed by atoms with Gasteiger partial charge in [-0.2, -0.15) is 0 Å². The van der Waals surface area contributed by atoms with Crippen molar-refractivity contribution in [1.29, 1.82) is 0 Å². The van der Waals surface area contributed by atoms with E-state index < -0.39 is 6.04 Å². The van der Waals surface area contributed by atoms with E-state index >= 15 is 0 Å². The minimum atomic E-state index is -0.538. The lowest BCUT2D eigenvalue weighted by molar-refractivity contribution is -0.109. The fourth-order valence-corrected chi connectivity index (χ4v) is 2.59. The van der Waals surface area contributed by atoms with Gasteiger partial charge in [0, 0.05) is 13.1 Å². The monoisotopic (exact) mass is 354 g/mol. The summed E-state index contributed by atoms with van der Waals surface area (Å²) in [6.45, 7) is 3.90. The number of likely N-dealkylation sites (N-methyl/N-ethyl adjacent to an activating group) is 1. The number of hydrogen-bond donors (Lipinski definition) is 1. The summed E-state index contributed by atoms with van der Waals surface area (Å²) < 4.78 is 5.64. The maximum atomic E-state index is 12.4. The van der Waals surface area contributed by atoms with Gasteiger partial charge in [0.05, 0.1) is 19.3 Å². The molecular formula is C21H26N2O3. The molecule has 0 aliphatic carbocycles. The molecule has 0 fully saturated rings. The van der Waals surface area contributed by atoms with Crippen LogP contribution in [0.5, 0.6) is 0 Å². The molecule has 5 heteroatoms. The molecule has 138 valence electrons. The Labute approximate surface area is 155 Å². The molecule has 0 saturated carbocycles. The first-order valence-corrected chi connectivity index (χ1v) is 8.89. The Morgan fingerprint density at radius 2 is 1.69 bits per heavy atom. The standard InChI is InChI=1S/C21H26N2O3/c1-2-23(13-14-26-17-19-11-7-4-8-12-19)21(25)22-20(16-24)15-18-9-5-3-6-10-18/h3-12,16,20H,2,13-15,17H2,1H3,(H,22,25)/t20-/m0/s1. The Morgan fingerprint density at radius 3 is 2.27 bits per heavy atom. The van der Waals surface area contributed by atoms with Crippen LogP contribution in [0.2, 0.25) is 0 Å². The van der Waals surface area contributed by atoms with Crippen molar-refractivity contribution in [3.63, 3.8) is 0 Å². The number of carbonyl (C=O) groups excluding carboxylic acids is 2. The summed E-state index contributed by atoms with van der Waals surface area (Å²) in [4.78, 5) is 25.4. The highest BCUT2D eigenvalue weighted by Gasteiger charge is 2.16. The van der Waals surface area contributed by atoms with E-state index in [1.54, 1.807) is 4.90 Å². The summed E-state index contributed by atoms with van der Waals surface area (Å²) in [5.74, 6) is 0. The summed E-state index contributed by atoms with van der Waals surface area (Å²) in [5.41, 5.74) is 2.11. The number of benzene rings is 2. The van der Waals surface area contributed by atoms with Gasteiger partial charge in [-0.1, -0.05) is 60.7 Å². The van der Waals surface area contributed by atoms with Crippen LogP contribution in [0, 0.1) is 0 Å². The minimum absolute atomic E-state index is 0.246. The normalized spacial score (nSPS) is 11.6. The molecule has 0 saturated heterocycles. The van der Waals surface area contributed by atoms with Crippen molar-refractivity contribution in [2.75, 3.05) is 19.7 Å². The van der Waals surface area contributed by atoms with Crippen LogP contribution in [0.3, 0.4) is 0 Å². The maximum Gasteiger partial charge on any atom is 0.318 e. The van der Waals surface area contributed by atoms with Gasteiger partial charge in [0.1, 0.15) is 6.29 Å². The van der Waals surface area contributed by atoms with E-state index in [0.29, 0.717) is 32.7 Å². The summed E-state index contributed by atoms with van der Waals surface area (Å²) in [7, 11) is 0. The van der Waals surface area contributed by atoms with Crippen LogP contribution in [-0.4, -0.2) is 43.0 Å². The number of amides is 2. The third kappa shape index (κ3) is 6.69. The molecule has 26 heavy (non-hydrogen) atoms. The van der Waals surface area contributed by atoms with Crippen molar-refractivity contribution in [2.45, 2.75) is 26.0 Å². The van der Waals surface area contributed by atoms with Crippen molar-refractivity contribution in [3.05, 3.63) is 71.8 Å². The van der Waals surface area contributed by atoms with Crippen LogP contribution in [0.25, 0.3) is 0 Å². The summed E-state index contributed by atoms with van der Waals surface area (Å²) in [6.07, 6.45) is 1.27. The Hall–Kier alpha value is -2.66. The predicted molar refractivity (Wildman–Crippen MR) is 102 cm³/mol. The van der Waals surface area contributed by atoms with Crippen molar-refractivity contribution < 1.29 is 14.3 Å². The molecule has 2 aromatic carbocycles. The fourth-order valence-electron chi connectivity index (χ4n) is 2.59. The minimum Gasteiger partial charge on any atom is -0.375 e. The number of carbonyl (C=O) groups is 2. The lowest BCUT2D eigenvalue weighted by atomic mass is 10.1. The number of rotatable bonds is 10. The van der Waals surface area contributed by atoms with E-state index in [0.717, 1.165) is 17.4 Å². The van der Waals surface area contributed by atoms with Crippen molar-refractivity contribution in [2.24, 2.45) is 0 Å². The van der Waals surface area contributed by atoms with Gasteiger partial charge in [-0.05, 0) is 24.5 Å². The largest absolute Gasteiger partial charge is 0.375 e. The Morgan fingerprint density at radius 1 is 1.08 bits per heavy atom. The van der Waals surface area contributed by atoms with Gasteiger partial charge in [0.2, 0.25) is 0 Å². The van der Waals surface area contributed by atoms with Gasteiger partial charge in [0.15, 0.2) is 0 Å². The maximum absolute atomic E-state index is 12.4. The van der Waals surface area contributed by atoms with E-state index in [-0.39, 0.29) is 6.03 Å². The number of aldehydes is 1. The molecule has 1 atom stereocenters. The predicted octanol–water partition coefficient (Wildman–Crippen LogP) is 3.04. The fraction of sp³-hybridized carbons (Fsp3) is 0.333. The summed E-state index contributed by atoms with van der Waals surface area (Å²) in [6, 6.07) is 18.8. The second-order valence-corrected chi connectivity index (χ2v) is 6.00. The molecule has 2 rings (SSSR count). The van der Waals surface area contributed by atoms with Crippen LogP contribution in [0.1, 0.15) is 18.1 Å². The molecule has 1 N–H and O–H groups in total. The Kier molecular flexibility index (Phi) is 8.36.